The molecule has 0 radical (unpaired) electrons. The lowest BCUT2D eigenvalue weighted by Crippen LogP contribution is -2.56. The highest BCUT2D eigenvalue weighted by molar-refractivity contribution is 5.94. The third kappa shape index (κ3) is 4.45. The smallest absolute Gasteiger partial charge is 0.253 e. The zero-order chi connectivity index (χ0) is 18.6. The van der Waals surface area contributed by atoms with Crippen LogP contribution in [0.25, 0.3) is 0 Å². The van der Waals surface area contributed by atoms with E-state index in [-0.39, 0.29) is 12.5 Å². The van der Waals surface area contributed by atoms with Crippen molar-refractivity contribution in [2.75, 3.05) is 26.2 Å². The molecule has 1 amide bonds. The summed E-state index contributed by atoms with van der Waals surface area (Å²) in [6, 6.07) is 7.87. The van der Waals surface area contributed by atoms with Crippen LogP contribution < -0.4 is 0 Å². The lowest BCUT2D eigenvalue weighted by atomic mass is 9.86. The van der Waals surface area contributed by atoms with Crippen molar-refractivity contribution >= 4 is 5.91 Å². The number of hydrogen-bond donors (Lipinski definition) is 2. The van der Waals surface area contributed by atoms with E-state index in [1.807, 2.05) is 31.2 Å². The van der Waals surface area contributed by atoms with Gasteiger partial charge >= 0.3 is 0 Å². The summed E-state index contributed by atoms with van der Waals surface area (Å²) in [5.41, 5.74) is 0.828. The monoisotopic (exact) mass is 360 g/mol. The molecule has 2 saturated heterocycles. The number of β-amino-alcohol motifs (C(OH)–C–C–N with tert-alkyl or cyclic N) is 1. The first kappa shape index (κ1) is 19.3. The molecule has 0 spiro atoms. The molecule has 5 heteroatoms. The van der Waals surface area contributed by atoms with Gasteiger partial charge in [-0.1, -0.05) is 31.9 Å². The maximum atomic E-state index is 12.7. The van der Waals surface area contributed by atoms with Crippen LogP contribution in [0.4, 0.5) is 0 Å². The number of likely N-dealkylation sites (tertiary alicyclic amines) is 2. The molecule has 5 nitrogen and oxygen atoms in total. The van der Waals surface area contributed by atoms with Crippen LogP contribution in [0, 0.1) is 0 Å². The third-order valence-electron chi connectivity index (χ3n) is 6.03. The largest absolute Gasteiger partial charge is 0.388 e. The van der Waals surface area contributed by atoms with E-state index in [0.717, 1.165) is 19.6 Å². The van der Waals surface area contributed by atoms with Gasteiger partial charge < -0.3 is 15.1 Å². The summed E-state index contributed by atoms with van der Waals surface area (Å²) in [5.74, 6) is -0.0662. The molecule has 2 N–H and O–H groups in total. The molecule has 2 aliphatic heterocycles. The molecule has 0 bridgehead atoms. The minimum Gasteiger partial charge on any atom is -0.388 e. The Balaban J connectivity index is 1.58. The average Bonchev–Trinajstić information content (AvgIpc) is 2.93. The number of benzene rings is 1. The standard InChI is InChI=1S/C21H32N2O3/c1-2-21(26)11-14-23(16-19(21)24)20(25)18-9-7-17(8-10-18)15-22-12-5-3-4-6-13-22/h7-10,19,24,26H,2-6,11-16H2,1H3/t19-,21-/m1/s1. The van der Waals surface area contributed by atoms with E-state index in [1.54, 1.807) is 4.90 Å². The summed E-state index contributed by atoms with van der Waals surface area (Å²) in [7, 11) is 0. The van der Waals surface area contributed by atoms with Gasteiger partial charge in [0.2, 0.25) is 0 Å². The molecule has 2 fully saturated rings. The van der Waals surface area contributed by atoms with Crippen LogP contribution in [0.15, 0.2) is 24.3 Å². The van der Waals surface area contributed by atoms with Crippen molar-refractivity contribution < 1.29 is 15.0 Å². The second-order valence-electron chi connectivity index (χ2n) is 7.86. The van der Waals surface area contributed by atoms with Gasteiger partial charge in [0, 0.05) is 25.2 Å². The first-order chi connectivity index (χ1) is 12.5. The molecule has 1 aromatic rings. The zero-order valence-electron chi connectivity index (χ0n) is 15.9. The Morgan fingerprint density at radius 2 is 1.77 bits per heavy atom. The molecule has 26 heavy (non-hydrogen) atoms. The van der Waals surface area contributed by atoms with Crippen LogP contribution in [0.5, 0.6) is 0 Å². The molecule has 0 aromatic heterocycles. The normalized spacial score (nSPS) is 28.0. The van der Waals surface area contributed by atoms with E-state index < -0.39 is 11.7 Å². The molecule has 1 aromatic carbocycles. The quantitative estimate of drug-likeness (QED) is 0.865. The number of nitrogens with zero attached hydrogens (tertiary/aromatic N) is 2. The molecule has 2 aliphatic rings. The van der Waals surface area contributed by atoms with Crippen LogP contribution in [-0.4, -0.2) is 63.8 Å². The minimum atomic E-state index is -1.06. The predicted octanol–water partition coefficient (Wildman–Crippen LogP) is 2.41. The molecule has 0 saturated carbocycles. The van der Waals surface area contributed by atoms with Crippen molar-refractivity contribution in [2.24, 2.45) is 0 Å². The fraction of sp³-hybridized carbons (Fsp3) is 0.667. The fourth-order valence-corrected chi connectivity index (χ4v) is 4.05. The highest BCUT2D eigenvalue weighted by Gasteiger charge is 2.40. The molecule has 144 valence electrons. The summed E-state index contributed by atoms with van der Waals surface area (Å²) in [4.78, 5) is 16.9. The molecule has 0 aliphatic carbocycles. The van der Waals surface area contributed by atoms with E-state index in [4.69, 9.17) is 0 Å². The summed E-state index contributed by atoms with van der Waals surface area (Å²) >= 11 is 0. The van der Waals surface area contributed by atoms with Gasteiger partial charge in [-0.05, 0) is 56.5 Å². The Morgan fingerprint density at radius 3 is 2.35 bits per heavy atom. The summed E-state index contributed by atoms with van der Waals surface area (Å²) < 4.78 is 0. The van der Waals surface area contributed by atoms with E-state index >= 15 is 0 Å². The minimum absolute atomic E-state index is 0.0662. The lowest BCUT2D eigenvalue weighted by Gasteiger charge is -2.41. The summed E-state index contributed by atoms with van der Waals surface area (Å²) in [6.45, 7) is 5.80. The van der Waals surface area contributed by atoms with Gasteiger partial charge in [0.05, 0.1) is 5.60 Å². The van der Waals surface area contributed by atoms with Crippen LogP contribution in [0.2, 0.25) is 0 Å². The molecular weight excluding hydrogens is 328 g/mol. The number of amides is 1. The molecular formula is C21H32N2O3. The SMILES string of the molecule is CC[C@@]1(O)CCN(C(=O)c2ccc(CN3CCCCCC3)cc2)C[C@H]1O. The molecule has 2 atom stereocenters. The van der Waals surface area contributed by atoms with E-state index in [2.05, 4.69) is 4.90 Å². The number of piperidine rings is 1. The van der Waals surface area contributed by atoms with Crippen LogP contribution in [-0.2, 0) is 6.54 Å². The van der Waals surface area contributed by atoms with Gasteiger partial charge in [0.25, 0.3) is 5.91 Å². The highest BCUT2D eigenvalue weighted by Crippen LogP contribution is 2.26. The van der Waals surface area contributed by atoms with E-state index in [9.17, 15) is 15.0 Å². The second kappa shape index (κ2) is 8.51. The fourth-order valence-electron chi connectivity index (χ4n) is 4.05. The summed E-state index contributed by atoms with van der Waals surface area (Å²) in [6.07, 6.45) is 5.26. The van der Waals surface area contributed by atoms with Crippen LogP contribution in [0.3, 0.4) is 0 Å². The van der Waals surface area contributed by atoms with Crippen molar-refractivity contribution in [3.63, 3.8) is 0 Å². The van der Waals surface area contributed by atoms with Gasteiger partial charge in [-0.15, -0.1) is 0 Å². The van der Waals surface area contributed by atoms with Gasteiger partial charge in [-0.3, -0.25) is 9.69 Å². The Morgan fingerprint density at radius 1 is 1.12 bits per heavy atom. The van der Waals surface area contributed by atoms with Crippen LogP contribution >= 0.6 is 0 Å². The maximum Gasteiger partial charge on any atom is 0.253 e. The number of rotatable bonds is 4. The second-order valence-corrected chi connectivity index (χ2v) is 7.86. The lowest BCUT2D eigenvalue weighted by molar-refractivity contribution is -0.114. The van der Waals surface area contributed by atoms with Gasteiger partial charge in [0.1, 0.15) is 6.10 Å². The topological polar surface area (TPSA) is 64.0 Å². The number of carbonyl (C=O) groups excluding carboxylic acids is 1. The Hall–Kier alpha value is -1.43. The Bertz CT molecular complexity index is 596. The summed E-state index contributed by atoms with van der Waals surface area (Å²) in [5, 5.41) is 20.5. The maximum absolute atomic E-state index is 12.7. The first-order valence-electron chi connectivity index (χ1n) is 10.0. The Kier molecular flexibility index (Phi) is 6.33. The number of aliphatic hydroxyl groups excluding tert-OH is 1. The average molecular weight is 360 g/mol. The number of carbonyl (C=O) groups is 1. The Labute approximate surface area is 156 Å². The highest BCUT2D eigenvalue weighted by atomic mass is 16.3. The van der Waals surface area contributed by atoms with Crippen molar-refractivity contribution in [1.29, 1.82) is 0 Å². The first-order valence-corrected chi connectivity index (χ1v) is 10.0. The zero-order valence-corrected chi connectivity index (χ0v) is 15.9. The number of hydrogen-bond acceptors (Lipinski definition) is 4. The van der Waals surface area contributed by atoms with Crippen LogP contribution in [0.1, 0.15) is 61.4 Å². The van der Waals surface area contributed by atoms with Crippen molar-refractivity contribution in [3.8, 4) is 0 Å². The van der Waals surface area contributed by atoms with Crippen molar-refractivity contribution in [3.05, 3.63) is 35.4 Å². The third-order valence-corrected chi connectivity index (χ3v) is 6.03. The van der Waals surface area contributed by atoms with Crippen molar-refractivity contribution in [1.82, 2.24) is 9.80 Å². The molecule has 2 heterocycles. The van der Waals surface area contributed by atoms with Gasteiger partial charge in [0.15, 0.2) is 0 Å². The van der Waals surface area contributed by atoms with Crippen molar-refractivity contribution in [2.45, 2.75) is 63.7 Å². The van der Waals surface area contributed by atoms with Gasteiger partial charge in [-0.25, -0.2) is 0 Å². The molecule has 3 rings (SSSR count). The number of aliphatic hydroxyl groups is 2. The van der Waals surface area contributed by atoms with Gasteiger partial charge in [-0.2, -0.15) is 0 Å². The van der Waals surface area contributed by atoms with E-state index in [1.165, 1.54) is 31.2 Å². The predicted molar refractivity (Wildman–Crippen MR) is 102 cm³/mol. The van der Waals surface area contributed by atoms with E-state index in [0.29, 0.717) is 24.9 Å². The molecule has 0 unspecified atom stereocenters.